The summed E-state index contributed by atoms with van der Waals surface area (Å²) in [5.74, 6) is -1.36. The molecule has 1 aromatic carbocycles. The standard InChI is InChI=1S/C20H21F2N5OS/c1-10-2-3-13-17(23)18(29-20(13)26-10)19(28)25-5-4-11-6-15(22)16(7-14(11)21)27-12-8-24-9-12/h2-3,6-7,12,24,27H,4-5,8-9,23H2,1H3,(H,25,28). The number of aromatic nitrogens is 1. The molecule has 0 atom stereocenters. The second-order valence-corrected chi connectivity index (χ2v) is 8.08. The molecule has 1 aliphatic heterocycles. The molecule has 0 unspecified atom stereocenters. The first-order chi connectivity index (χ1) is 13.9. The molecular formula is C20H21F2N5OS. The number of carbonyl (C=O) groups is 1. The van der Waals surface area contributed by atoms with Gasteiger partial charge in [0.2, 0.25) is 0 Å². The molecule has 152 valence electrons. The number of thiophene rings is 1. The fourth-order valence-electron chi connectivity index (χ4n) is 3.15. The van der Waals surface area contributed by atoms with Crippen LogP contribution in [0.5, 0.6) is 0 Å². The van der Waals surface area contributed by atoms with Crippen LogP contribution in [0.15, 0.2) is 24.3 Å². The van der Waals surface area contributed by atoms with E-state index in [1.165, 1.54) is 23.5 Å². The molecule has 3 heterocycles. The molecule has 1 saturated heterocycles. The number of nitrogens with one attached hydrogen (secondary N) is 3. The summed E-state index contributed by atoms with van der Waals surface area (Å²) < 4.78 is 28.6. The third kappa shape index (κ3) is 4.01. The van der Waals surface area contributed by atoms with Gasteiger partial charge in [0.25, 0.3) is 5.91 Å². The van der Waals surface area contributed by atoms with Crippen LogP contribution in [-0.4, -0.2) is 36.6 Å². The number of halogens is 2. The summed E-state index contributed by atoms with van der Waals surface area (Å²) in [5.41, 5.74) is 7.67. The van der Waals surface area contributed by atoms with Gasteiger partial charge in [0, 0.05) is 36.8 Å². The third-order valence-corrected chi connectivity index (χ3v) is 6.01. The van der Waals surface area contributed by atoms with Gasteiger partial charge in [-0.05, 0) is 37.1 Å². The number of anilines is 2. The van der Waals surface area contributed by atoms with Crippen LogP contribution in [0.1, 0.15) is 20.9 Å². The Morgan fingerprint density at radius 3 is 2.83 bits per heavy atom. The first-order valence-corrected chi connectivity index (χ1v) is 10.1. The fourth-order valence-corrected chi connectivity index (χ4v) is 4.21. The third-order valence-electron chi connectivity index (χ3n) is 4.90. The molecule has 0 aliphatic carbocycles. The second kappa shape index (κ2) is 7.92. The van der Waals surface area contributed by atoms with Crippen LogP contribution in [0.25, 0.3) is 10.2 Å². The lowest BCUT2D eigenvalue weighted by Crippen LogP contribution is -2.51. The van der Waals surface area contributed by atoms with E-state index in [-0.39, 0.29) is 36.2 Å². The summed E-state index contributed by atoms with van der Waals surface area (Å²) in [4.78, 5) is 17.9. The Balaban J connectivity index is 1.40. The number of fused-ring (bicyclic) bond motifs is 1. The number of nitrogens with zero attached hydrogens (tertiary/aromatic N) is 1. The Hall–Kier alpha value is -2.78. The van der Waals surface area contributed by atoms with Crippen molar-refractivity contribution in [3.05, 3.63) is 52.0 Å². The van der Waals surface area contributed by atoms with Gasteiger partial charge < -0.3 is 21.7 Å². The summed E-state index contributed by atoms with van der Waals surface area (Å²) in [6.07, 6.45) is 0.169. The van der Waals surface area contributed by atoms with Crippen LogP contribution >= 0.6 is 11.3 Å². The molecule has 29 heavy (non-hydrogen) atoms. The van der Waals surface area contributed by atoms with E-state index in [0.717, 1.165) is 24.2 Å². The Morgan fingerprint density at radius 1 is 1.31 bits per heavy atom. The monoisotopic (exact) mass is 417 g/mol. The number of pyridine rings is 1. The molecule has 0 bridgehead atoms. The number of amides is 1. The van der Waals surface area contributed by atoms with Crippen molar-refractivity contribution in [1.29, 1.82) is 0 Å². The van der Waals surface area contributed by atoms with Crippen LogP contribution in [0.3, 0.4) is 0 Å². The molecule has 5 N–H and O–H groups in total. The highest BCUT2D eigenvalue weighted by Crippen LogP contribution is 2.32. The number of benzene rings is 1. The number of hydrogen-bond donors (Lipinski definition) is 4. The van der Waals surface area contributed by atoms with Crippen LogP contribution in [0.4, 0.5) is 20.2 Å². The minimum absolute atomic E-state index is 0.110. The lowest BCUT2D eigenvalue weighted by molar-refractivity contribution is 0.0959. The number of hydrogen-bond acceptors (Lipinski definition) is 6. The van der Waals surface area contributed by atoms with Gasteiger partial charge in [-0.3, -0.25) is 4.79 Å². The quantitative estimate of drug-likeness (QED) is 0.495. The molecule has 3 aromatic rings. The zero-order valence-electron chi connectivity index (χ0n) is 15.8. The van der Waals surface area contributed by atoms with Gasteiger partial charge in [0.15, 0.2) is 0 Å². The van der Waals surface area contributed by atoms with Gasteiger partial charge in [-0.25, -0.2) is 13.8 Å². The maximum Gasteiger partial charge on any atom is 0.263 e. The molecule has 0 saturated carbocycles. The van der Waals surface area contributed by atoms with Gasteiger partial charge in [-0.1, -0.05) is 0 Å². The Morgan fingerprint density at radius 2 is 2.10 bits per heavy atom. The van der Waals surface area contributed by atoms with Crippen LogP contribution in [-0.2, 0) is 6.42 Å². The van der Waals surface area contributed by atoms with E-state index in [1.807, 2.05) is 19.1 Å². The van der Waals surface area contributed by atoms with Crippen LogP contribution < -0.4 is 21.7 Å². The summed E-state index contributed by atoms with van der Waals surface area (Å²) >= 11 is 1.22. The zero-order valence-corrected chi connectivity index (χ0v) is 16.6. The number of carbonyl (C=O) groups excluding carboxylic acids is 1. The molecular weight excluding hydrogens is 396 g/mol. The van der Waals surface area contributed by atoms with Crippen molar-refractivity contribution < 1.29 is 13.6 Å². The first kappa shape index (κ1) is 19.5. The second-order valence-electron chi connectivity index (χ2n) is 7.08. The highest BCUT2D eigenvalue weighted by molar-refractivity contribution is 7.21. The maximum absolute atomic E-state index is 14.3. The number of aryl methyl sites for hydroxylation is 1. The van der Waals surface area contributed by atoms with Crippen molar-refractivity contribution in [3.8, 4) is 0 Å². The molecule has 1 aliphatic rings. The summed E-state index contributed by atoms with van der Waals surface area (Å²) in [7, 11) is 0. The minimum atomic E-state index is -0.505. The van der Waals surface area contributed by atoms with E-state index in [1.54, 1.807) is 0 Å². The van der Waals surface area contributed by atoms with Crippen molar-refractivity contribution in [2.75, 3.05) is 30.7 Å². The van der Waals surface area contributed by atoms with Gasteiger partial charge >= 0.3 is 0 Å². The van der Waals surface area contributed by atoms with Crippen LogP contribution in [0, 0.1) is 18.6 Å². The van der Waals surface area contributed by atoms with E-state index in [0.29, 0.717) is 15.4 Å². The molecule has 0 spiro atoms. The summed E-state index contributed by atoms with van der Waals surface area (Å²) in [5, 5.41) is 9.50. The predicted molar refractivity (Wildman–Crippen MR) is 111 cm³/mol. The average molecular weight is 417 g/mol. The average Bonchev–Trinajstić information content (AvgIpc) is 2.97. The number of nitrogens with two attached hydrogens (primary N) is 1. The van der Waals surface area contributed by atoms with E-state index in [4.69, 9.17) is 5.73 Å². The molecule has 1 amide bonds. The van der Waals surface area contributed by atoms with Gasteiger partial charge in [-0.2, -0.15) is 0 Å². The minimum Gasteiger partial charge on any atom is -0.397 e. The zero-order chi connectivity index (χ0) is 20.5. The molecule has 4 rings (SSSR count). The van der Waals surface area contributed by atoms with Gasteiger partial charge in [-0.15, -0.1) is 11.3 Å². The van der Waals surface area contributed by atoms with Gasteiger partial charge in [0.1, 0.15) is 21.3 Å². The largest absolute Gasteiger partial charge is 0.397 e. The van der Waals surface area contributed by atoms with Crippen molar-refractivity contribution >= 4 is 38.8 Å². The molecule has 2 aromatic heterocycles. The van der Waals surface area contributed by atoms with E-state index in [2.05, 4.69) is 20.9 Å². The van der Waals surface area contributed by atoms with Crippen molar-refractivity contribution in [2.45, 2.75) is 19.4 Å². The van der Waals surface area contributed by atoms with E-state index >= 15 is 0 Å². The molecule has 6 nitrogen and oxygen atoms in total. The topological polar surface area (TPSA) is 92.1 Å². The lowest BCUT2D eigenvalue weighted by Gasteiger charge is -2.29. The summed E-state index contributed by atoms with van der Waals surface area (Å²) in [6.45, 7) is 3.48. The van der Waals surface area contributed by atoms with E-state index < -0.39 is 11.6 Å². The smallest absolute Gasteiger partial charge is 0.263 e. The first-order valence-electron chi connectivity index (χ1n) is 9.31. The van der Waals surface area contributed by atoms with E-state index in [9.17, 15) is 13.6 Å². The molecule has 9 heteroatoms. The molecule has 1 fully saturated rings. The van der Waals surface area contributed by atoms with Gasteiger partial charge in [0.05, 0.1) is 17.4 Å². The number of rotatable bonds is 6. The van der Waals surface area contributed by atoms with Crippen LogP contribution in [0.2, 0.25) is 0 Å². The predicted octanol–water partition coefficient (Wildman–Crippen LogP) is 2.82. The highest BCUT2D eigenvalue weighted by Gasteiger charge is 2.20. The van der Waals surface area contributed by atoms with Crippen molar-refractivity contribution in [1.82, 2.24) is 15.6 Å². The maximum atomic E-state index is 14.3. The highest BCUT2D eigenvalue weighted by atomic mass is 32.1. The Labute approximate surface area is 170 Å². The SMILES string of the molecule is Cc1ccc2c(N)c(C(=O)NCCc3cc(F)c(NC4CNC4)cc3F)sc2n1. The number of nitrogen functional groups attached to an aromatic ring is 1. The lowest BCUT2D eigenvalue weighted by atomic mass is 10.1. The fraction of sp³-hybridized carbons (Fsp3) is 0.300. The Bertz CT molecular complexity index is 1080. The normalized spacial score (nSPS) is 14.0. The molecule has 0 radical (unpaired) electrons. The summed E-state index contributed by atoms with van der Waals surface area (Å²) in [6, 6.07) is 6.14. The Kier molecular flexibility index (Phi) is 5.33. The van der Waals surface area contributed by atoms with Crippen molar-refractivity contribution in [2.24, 2.45) is 0 Å². The van der Waals surface area contributed by atoms with Crippen molar-refractivity contribution in [3.63, 3.8) is 0 Å².